The van der Waals surface area contributed by atoms with Gasteiger partial charge in [-0.3, -0.25) is 5.43 Å². The molecule has 2 aliphatic rings. The fourth-order valence-corrected chi connectivity index (χ4v) is 6.86. The Kier molecular flexibility index (Phi) is 5.60. The van der Waals surface area contributed by atoms with Crippen LogP contribution < -0.4 is 5.43 Å². The molecular formula is C20H25N5O6S2. The molecule has 2 aromatic heterocycles. The molecule has 2 fully saturated rings. The molecule has 0 amide bonds. The molecule has 0 bridgehead atoms. The number of hydrazone groups is 1. The van der Waals surface area contributed by atoms with E-state index in [4.69, 9.17) is 4.74 Å². The first-order valence-corrected chi connectivity index (χ1v) is 13.4. The molecule has 3 heterocycles. The molecule has 0 radical (unpaired) electrons. The van der Waals surface area contributed by atoms with Gasteiger partial charge < -0.3 is 4.74 Å². The van der Waals surface area contributed by atoms with E-state index in [0.717, 1.165) is 12.6 Å². The summed E-state index contributed by atoms with van der Waals surface area (Å²) in [6.45, 7) is 4.59. The van der Waals surface area contributed by atoms with E-state index in [1.807, 2.05) is 0 Å². The average molecular weight is 496 g/mol. The van der Waals surface area contributed by atoms with Gasteiger partial charge in [-0.15, -0.1) is 0 Å². The molecule has 1 saturated heterocycles. The molecule has 13 heteroatoms. The second-order valence-corrected chi connectivity index (χ2v) is 13.8. The van der Waals surface area contributed by atoms with Crippen molar-refractivity contribution in [1.29, 1.82) is 0 Å². The lowest BCUT2D eigenvalue weighted by Crippen LogP contribution is -2.39. The molecule has 1 saturated carbocycles. The highest BCUT2D eigenvalue weighted by Crippen LogP contribution is 2.42. The molecule has 1 N–H and O–H groups in total. The summed E-state index contributed by atoms with van der Waals surface area (Å²) in [5.41, 5.74) is 2.48. The van der Waals surface area contributed by atoms with Gasteiger partial charge in [0.2, 0.25) is 14.8 Å². The van der Waals surface area contributed by atoms with E-state index >= 15 is 0 Å². The molecule has 1 aliphatic carbocycles. The number of carbonyl (C=O) groups excluding carboxylic acids is 1. The van der Waals surface area contributed by atoms with E-state index in [1.165, 1.54) is 31.6 Å². The molecule has 0 unspecified atom stereocenters. The number of ether oxygens (including phenoxy) is 1. The summed E-state index contributed by atoms with van der Waals surface area (Å²) in [7, 11) is -8.10. The Labute approximate surface area is 192 Å². The van der Waals surface area contributed by atoms with Crippen LogP contribution in [0.1, 0.15) is 52.9 Å². The van der Waals surface area contributed by atoms with Crippen LogP contribution >= 0.6 is 0 Å². The Bertz CT molecular complexity index is 1320. The highest BCUT2D eigenvalue weighted by molar-refractivity contribution is 8.10. The van der Waals surface area contributed by atoms with Crippen molar-refractivity contribution < 1.29 is 26.4 Å². The Hall–Kier alpha value is -2.80. The summed E-state index contributed by atoms with van der Waals surface area (Å²) in [5.74, 6) is -0.923. The zero-order chi connectivity index (χ0) is 24.1. The van der Waals surface area contributed by atoms with Crippen LogP contribution in [0.3, 0.4) is 0 Å². The smallest absolute Gasteiger partial charge is 0.372 e. The predicted molar refractivity (Wildman–Crippen MR) is 120 cm³/mol. The molecule has 4 rings (SSSR count). The number of hydrogen-bond acceptors (Lipinski definition) is 10. The second-order valence-electron chi connectivity index (χ2n) is 8.97. The summed E-state index contributed by atoms with van der Waals surface area (Å²) in [5, 5.41) is 7.19. The van der Waals surface area contributed by atoms with Crippen molar-refractivity contribution in [3.63, 3.8) is 0 Å². The van der Waals surface area contributed by atoms with E-state index in [0.29, 0.717) is 12.8 Å². The summed E-state index contributed by atoms with van der Waals surface area (Å²) >= 11 is 0. The van der Waals surface area contributed by atoms with Gasteiger partial charge in [0, 0.05) is 19.0 Å². The van der Waals surface area contributed by atoms with Gasteiger partial charge in [0.1, 0.15) is 4.90 Å². The Morgan fingerprint density at radius 2 is 1.88 bits per heavy atom. The second kappa shape index (κ2) is 7.90. The normalized spacial score (nSPS) is 21.3. The number of sulfone groups is 2. The van der Waals surface area contributed by atoms with Crippen LogP contribution in [0.2, 0.25) is 0 Å². The summed E-state index contributed by atoms with van der Waals surface area (Å²) in [4.78, 5) is 14.8. The summed E-state index contributed by atoms with van der Waals surface area (Å²) < 4.78 is 58.0. The first kappa shape index (κ1) is 23.4. The van der Waals surface area contributed by atoms with E-state index < -0.39 is 40.4 Å². The van der Waals surface area contributed by atoms with Gasteiger partial charge >= 0.3 is 5.97 Å². The molecule has 1 aliphatic heterocycles. The number of pyridine rings is 1. The fraction of sp³-hybridized carbons (Fsp3) is 0.500. The summed E-state index contributed by atoms with van der Waals surface area (Å²) in [6.07, 6.45) is 5.14. The van der Waals surface area contributed by atoms with Crippen molar-refractivity contribution in [2.45, 2.75) is 67.5 Å². The van der Waals surface area contributed by atoms with Crippen molar-refractivity contribution in [1.82, 2.24) is 14.8 Å². The number of hydrogen-bond donors (Lipinski definition) is 1. The third kappa shape index (κ3) is 3.72. The third-order valence-corrected chi connectivity index (χ3v) is 10.5. The zero-order valence-corrected chi connectivity index (χ0v) is 20.1. The van der Waals surface area contributed by atoms with Gasteiger partial charge in [-0.1, -0.05) is 12.5 Å². The van der Waals surface area contributed by atoms with Crippen molar-refractivity contribution in [3.8, 4) is 5.82 Å². The number of nitrogens with zero attached hydrogens (tertiary/aromatic N) is 4. The lowest BCUT2D eigenvalue weighted by molar-refractivity contribution is -0.143. The first-order valence-electron chi connectivity index (χ1n) is 10.5. The Balaban J connectivity index is 1.82. The van der Waals surface area contributed by atoms with Crippen LogP contribution in [0.15, 0.2) is 40.6 Å². The fourth-order valence-electron chi connectivity index (χ4n) is 3.84. The molecular weight excluding hydrogens is 470 g/mol. The van der Waals surface area contributed by atoms with Gasteiger partial charge in [0.25, 0.3) is 5.04 Å². The van der Waals surface area contributed by atoms with Crippen LogP contribution in [0.5, 0.6) is 0 Å². The SMILES string of the molecule is CC(C)(C)S(=O)(=O)c1cnn(-c2ccccn2)c1NN=C1C(=O)OC2(CCCCC2)S1(=O)=O. The monoisotopic (exact) mass is 495 g/mol. The minimum atomic E-state index is -4.19. The lowest BCUT2D eigenvalue weighted by Gasteiger charge is -2.29. The standard InChI is InChI=1S/C20H25N5O6S2/c1-19(2,3)32(27,28)14-13-22-25(15-9-5-8-12-21-15)16(14)23-24-17-18(26)31-20(33(17,29)30)10-6-4-7-11-20/h5,8-9,12-13,23H,4,6-7,10-11H2,1-3H3. The number of rotatable bonds is 4. The van der Waals surface area contributed by atoms with Crippen molar-refractivity contribution in [3.05, 3.63) is 30.6 Å². The van der Waals surface area contributed by atoms with Crippen LogP contribution in [0.4, 0.5) is 5.82 Å². The molecule has 1 spiro atoms. The number of aromatic nitrogens is 3. The molecule has 11 nitrogen and oxygen atoms in total. The Morgan fingerprint density at radius 3 is 2.48 bits per heavy atom. The van der Waals surface area contributed by atoms with Crippen molar-refractivity contribution in [2.75, 3.05) is 5.43 Å². The molecule has 178 valence electrons. The van der Waals surface area contributed by atoms with Crippen LogP contribution in [-0.2, 0) is 29.2 Å². The molecule has 0 atom stereocenters. The van der Waals surface area contributed by atoms with Gasteiger partial charge in [-0.05, 0) is 45.7 Å². The van der Waals surface area contributed by atoms with Crippen LogP contribution in [-0.4, -0.2) is 52.3 Å². The number of carbonyl (C=O) groups is 1. The van der Waals surface area contributed by atoms with E-state index in [1.54, 1.807) is 18.2 Å². The van der Waals surface area contributed by atoms with E-state index in [9.17, 15) is 21.6 Å². The van der Waals surface area contributed by atoms with Gasteiger partial charge in [-0.2, -0.15) is 14.9 Å². The maximum Gasteiger partial charge on any atom is 0.372 e. The van der Waals surface area contributed by atoms with E-state index in [2.05, 4.69) is 20.6 Å². The van der Waals surface area contributed by atoms with Crippen molar-refractivity contribution in [2.24, 2.45) is 5.10 Å². The number of anilines is 1. The predicted octanol–water partition coefficient (Wildman–Crippen LogP) is 2.20. The summed E-state index contributed by atoms with van der Waals surface area (Å²) in [6, 6.07) is 4.96. The largest absolute Gasteiger partial charge is 0.437 e. The highest BCUT2D eigenvalue weighted by atomic mass is 32.2. The third-order valence-electron chi connectivity index (χ3n) is 5.77. The van der Waals surface area contributed by atoms with Crippen LogP contribution in [0, 0.1) is 0 Å². The number of esters is 1. The molecule has 2 aromatic rings. The minimum Gasteiger partial charge on any atom is -0.437 e. The maximum atomic E-state index is 13.2. The lowest BCUT2D eigenvalue weighted by atomic mass is 9.97. The average Bonchev–Trinajstić information content (AvgIpc) is 3.25. The zero-order valence-electron chi connectivity index (χ0n) is 18.5. The van der Waals surface area contributed by atoms with Gasteiger partial charge in [0.05, 0.1) is 10.9 Å². The minimum absolute atomic E-state index is 0.135. The number of nitrogens with one attached hydrogen (secondary N) is 1. The maximum absolute atomic E-state index is 13.2. The van der Waals surface area contributed by atoms with Gasteiger partial charge in [-0.25, -0.2) is 26.6 Å². The first-order chi connectivity index (χ1) is 15.4. The highest BCUT2D eigenvalue weighted by Gasteiger charge is 2.59. The quantitative estimate of drug-likeness (QED) is 0.497. The van der Waals surface area contributed by atoms with Gasteiger partial charge in [0.15, 0.2) is 21.5 Å². The molecule has 33 heavy (non-hydrogen) atoms. The topological polar surface area (TPSA) is 150 Å². The van der Waals surface area contributed by atoms with Crippen LogP contribution in [0.25, 0.3) is 5.82 Å². The molecule has 0 aromatic carbocycles. The van der Waals surface area contributed by atoms with E-state index in [-0.39, 0.29) is 29.4 Å². The van der Waals surface area contributed by atoms with Crippen molar-refractivity contribution >= 4 is 36.5 Å². The Morgan fingerprint density at radius 1 is 1.18 bits per heavy atom.